The maximum absolute atomic E-state index is 5.94. The quantitative estimate of drug-likeness (QED) is 0.779. The fraction of sp³-hybridized carbons (Fsp3) is 0.714. The number of nitrogens with zero attached hydrogens (tertiary/aromatic N) is 3. The van der Waals surface area contributed by atoms with Crippen molar-refractivity contribution in [1.29, 1.82) is 0 Å². The molecule has 19 heavy (non-hydrogen) atoms. The Hall–Kier alpha value is -0.710. The first-order valence-electron chi connectivity index (χ1n) is 6.99. The van der Waals surface area contributed by atoms with Gasteiger partial charge in [0.2, 0.25) is 5.28 Å². The van der Waals surface area contributed by atoms with Gasteiger partial charge in [-0.2, -0.15) is 0 Å². The molecule has 0 amide bonds. The molecule has 5 heteroatoms. The number of halogens is 1. The predicted octanol–water partition coefficient (Wildman–Crippen LogP) is 2.77. The SMILES string of the molecule is CCCO[C@H]1CN(Cc2cnc(Cl)nc2)CC[C@@H]1C. The molecule has 2 rings (SSSR count). The number of piperidine rings is 1. The number of hydrogen-bond acceptors (Lipinski definition) is 4. The van der Waals surface area contributed by atoms with Crippen LogP contribution in [0.5, 0.6) is 0 Å². The number of ether oxygens (including phenoxy) is 1. The summed E-state index contributed by atoms with van der Waals surface area (Å²) in [4.78, 5) is 10.5. The molecule has 0 radical (unpaired) electrons. The molecule has 1 aliphatic heterocycles. The number of rotatable bonds is 5. The van der Waals surface area contributed by atoms with E-state index in [0.29, 0.717) is 17.3 Å². The van der Waals surface area contributed by atoms with E-state index >= 15 is 0 Å². The van der Waals surface area contributed by atoms with Crippen LogP contribution in [0, 0.1) is 5.92 Å². The normalized spacial score (nSPS) is 24.6. The van der Waals surface area contributed by atoms with Crippen molar-refractivity contribution in [3.63, 3.8) is 0 Å². The van der Waals surface area contributed by atoms with Gasteiger partial charge < -0.3 is 4.74 Å². The molecule has 0 N–H and O–H groups in total. The van der Waals surface area contributed by atoms with Gasteiger partial charge in [-0.25, -0.2) is 9.97 Å². The van der Waals surface area contributed by atoms with Crippen molar-refractivity contribution >= 4 is 11.6 Å². The van der Waals surface area contributed by atoms with Gasteiger partial charge in [0.25, 0.3) is 0 Å². The van der Waals surface area contributed by atoms with Crippen molar-refractivity contribution in [3.8, 4) is 0 Å². The summed E-state index contributed by atoms with van der Waals surface area (Å²) in [5.41, 5.74) is 1.10. The Morgan fingerprint density at radius 1 is 1.42 bits per heavy atom. The lowest BCUT2D eigenvalue weighted by atomic mass is 9.95. The molecule has 4 nitrogen and oxygen atoms in total. The van der Waals surface area contributed by atoms with Crippen LogP contribution >= 0.6 is 11.6 Å². The van der Waals surface area contributed by atoms with E-state index in [-0.39, 0.29) is 0 Å². The summed E-state index contributed by atoms with van der Waals surface area (Å²) in [5, 5.41) is 0.306. The number of hydrogen-bond donors (Lipinski definition) is 0. The molecular weight excluding hydrogens is 262 g/mol. The lowest BCUT2D eigenvalue weighted by Crippen LogP contribution is -2.43. The Morgan fingerprint density at radius 3 is 2.84 bits per heavy atom. The highest BCUT2D eigenvalue weighted by atomic mass is 35.5. The molecule has 2 heterocycles. The van der Waals surface area contributed by atoms with E-state index in [1.54, 1.807) is 12.4 Å². The Balaban J connectivity index is 1.88. The molecular formula is C14H22ClN3O. The Bertz CT molecular complexity index is 385. The Labute approximate surface area is 120 Å². The zero-order valence-electron chi connectivity index (χ0n) is 11.7. The third-order valence-corrected chi connectivity index (χ3v) is 3.78. The van der Waals surface area contributed by atoms with Crippen LogP contribution in [0.4, 0.5) is 0 Å². The molecule has 0 bridgehead atoms. The highest BCUT2D eigenvalue weighted by Gasteiger charge is 2.26. The summed E-state index contributed by atoms with van der Waals surface area (Å²) in [7, 11) is 0. The topological polar surface area (TPSA) is 38.2 Å². The third-order valence-electron chi connectivity index (χ3n) is 3.59. The van der Waals surface area contributed by atoms with Crippen LogP contribution in [0.2, 0.25) is 5.28 Å². The largest absolute Gasteiger partial charge is 0.377 e. The average molecular weight is 284 g/mol. The molecule has 1 saturated heterocycles. The molecule has 1 aliphatic rings. The minimum Gasteiger partial charge on any atom is -0.377 e. The van der Waals surface area contributed by atoms with Crippen LogP contribution in [-0.2, 0) is 11.3 Å². The van der Waals surface area contributed by atoms with Crippen molar-refractivity contribution in [1.82, 2.24) is 14.9 Å². The van der Waals surface area contributed by atoms with Gasteiger partial charge in [0.15, 0.2) is 0 Å². The van der Waals surface area contributed by atoms with Crippen molar-refractivity contribution in [3.05, 3.63) is 23.2 Å². The zero-order valence-corrected chi connectivity index (χ0v) is 12.4. The summed E-state index contributed by atoms with van der Waals surface area (Å²) in [5.74, 6) is 0.643. The zero-order chi connectivity index (χ0) is 13.7. The molecule has 0 saturated carbocycles. The minimum atomic E-state index is 0.306. The first kappa shape index (κ1) is 14.7. The van der Waals surface area contributed by atoms with Gasteiger partial charge in [0.05, 0.1) is 6.10 Å². The van der Waals surface area contributed by atoms with E-state index in [4.69, 9.17) is 16.3 Å². The van der Waals surface area contributed by atoms with Crippen LogP contribution in [0.25, 0.3) is 0 Å². The summed E-state index contributed by atoms with van der Waals surface area (Å²) in [6.07, 6.45) is 6.21. The maximum Gasteiger partial charge on any atom is 0.222 e. The molecule has 0 unspecified atom stereocenters. The lowest BCUT2D eigenvalue weighted by molar-refractivity contribution is -0.0342. The van der Waals surface area contributed by atoms with Crippen LogP contribution < -0.4 is 0 Å². The van der Waals surface area contributed by atoms with E-state index in [9.17, 15) is 0 Å². The number of likely N-dealkylation sites (tertiary alicyclic amines) is 1. The number of aromatic nitrogens is 2. The molecule has 1 fully saturated rings. The summed E-state index contributed by atoms with van der Waals surface area (Å²) >= 11 is 5.70. The second kappa shape index (κ2) is 7.17. The van der Waals surface area contributed by atoms with Gasteiger partial charge in [-0.1, -0.05) is 13.8 Å². The van der Waals surface area contributed by atoms with Gasteiger partial charge in [0.1, 0.15) is 0 Å². The van der Waals surface area contributed by atoms with Gasteiger partial charge in [-0.05, 0) is 36.9 Å². The smallest absolute Gasteiger partial charge is 0.222 e. The maximum atomic E-state index is 5.94. The van der Waals surface area contributed by atoms with E-state index in [1.807, 2.05) is 0 Å². The third kappa shape index (κ3) is 4.41. The molecule has 0 aliphatic carbocycles. The van der Waals surface area contributed by atoms with Crippen molar-refractivity contribution < 1.29 is 4.74 Å². The van der Waals surface area contributed by atoms with Gasteiger partial charge in [0, 0.05) is 37.7 Å². The predicted molar refractivity (Wildman–Crippen MR) is 76.1 cm³/mol. The summed E-state index contributed by atoms with van der Waals surface area (Å²) in [6, 6.07) is 0. The average Bonchev–Trinajstić information content (AvgIpc) is 2.42. The van der Waals surface area contributed by atoms with Crippen LogP contribution in [0.1, 0.15) is 32.3 Å². The van der Waals surface area contributed by atoms with Gasteiger partial charge >= 0.3 is 0 Å². The minimum absolute atomic E-state index is 0.306. The van der Waals surface area contributed by atoms with Crippen molar-refractivity contribution in [2.45, 2.75) is 39.3 Å². The Morgan fingerprint density at radius 2 is 2.16 bits per heavy atom. The first-order valence-corrected chi connectivity index (χ1v) is 7.37. The van der Waals surface area contributed by atoms with Crippen LogP contribution in [0.15, 0.2) is 12.4 Å². The van der Waals surface area contributed by atoms with Crippen LogP contribution in [-0.4, -0.2) is 40.7 Å². The second-order valence-corrected chi connectivity index (χ2v) is 5.61. The summed E-state index contributed by atoms with van der Waals surface area (Å²) < 4.78 is 5.94. The van der Waals surface area contributed by atoms with E-state index in [1.165, 1.54) is 6.42 Å². The van der Waals surface area contributed by atoms with E-state index in [2.05, 4.69) is 28.7 Å². The Kier molecular flexibility index (Phi) is 5.55. The standard InChI is InChI=1S/C14H22ClN3O/c1-3-6-19-13-10-18(5-4-11(13)2)9-12-7-16-14(15)17-8-12/h7-8,11,13H,3-6,9-10H2,1-2H3/t11-,13-/m0/s1. The monoisotopic (exact) mass is 283 g/mol. The van der Waals surface area contributed by atoms with Gasteiger partial charge in [-0.15, -0.1) is 0 Å². The molecule has 1 aromatic heterocycles. The van der Waals surface area contributed by atoms with E-state index in [0.717, 1.165) is 38.2 Å². The van der Waals surface area contributed by atoms with E-state index < -0.39 is 0 Å². The highest BCUT2D eigenvalue weighted by Crippen LogP contribution is 2.21. The van der Waals surface area contributed by atoms with Gasteiger partial charge in [-0.3, -0.25) is 4.90 Å². The fourth-order valence-corrected chi connectivity index (χ4v) is 2.50. The van der Waals surface area contributed by atoms with Crippen molar-refractivity contribution in [2.24, 2.45) is 5.92 Å². The first-order chi connectivity index (χ1) is 9.19. The second-order valence-electron chi connectivity index (χ2n) is 5.27. The highest BCUT2D eigenvalue weighted by molar-refractivity contribution is 6.28. The van der Waals surface area contributed by atoms with Crippen molar-refractivity contribution in [2.75, 3.05) is 19.7 Å². The van der Waals surface area contributed by atoms with Crippen LogP contribution in [0.3, 0.4) is 0 Å². The molecule has 106 valence electrons. The molecule has 1 aromatic rings. The summed E-state index contributed by atoms with van der Waals surface area (Å²) in [6.45, 7) is 8.25. The molecule has 0 aromatic carbocycles. The fourth-order valence-electron chi connectivity index (χ4n) is 2.41. The molecule has 2 atom stereocenters. The molecule has 0 spiro atoms. The lowest BCUT2D eigenvalue weighted by Gasteiger charge is -2.36.